The van der Waals surface area contributed by atoms with Gasteiger partial charge in [-0.2, -0.15) is 0 Å². The molecule has 7 heteroatoms. The number of hydrogen-bond donors (Lipinski definition) is 1. The normalized spacial score (nSPS) is 12.7. The molecule has 0 saturated carbocycles. The Balaban J connectivity index is 2.13. The summed E-state index contributed by atoms with van der Waals surface area (Å²) < 4.78 is 1.70. The Labute approximate surface area is 112 Å². The third kappa shape index (κ3) is 1.97. The fourth-order valence-corrected chi connectivity index (χ4v) is 2.58. The fraction of sp³-hybridized carbons (Fsp3) is 0.167. The van der Waals surface area contributed by atoms with E-state index in [9.17, 15) is 4.79 Å². The molecule has 3 aromatic rings. The molecule has 0 saturated heterocycles. The number of benzene rings is 1. The molecule has 0 fully saturated rings. The summed E-state index contributed by atoms with van der Waals surface area (Å²) in [6, 6.07) is 4.70. The predicted molar refractivity (Wildman–Crippen MR) is 70.4 cm³/mol. The summed E-state index contributed by atoms with van der Waals surface area (Å²) in [5.74, 6) is -0.962. The van der Waals surface area contributed by atoms with Gasteiger partial charge in [-0.1, -0.05) is 5.21 Å². The third-order valence-corrected chi connectivity index (χ3v) is 3.84. The van der Waals surface area contributed by atoms with Crippen LogP contribution in [-0.2, 0) is 0 Å². The second-order valence-electron chi connectivity index (χ2n) is 4.09. The van der Waals surface area contributed by atoms with Crippen molar-refractivity contribution < 1.29 is 9.90 Å². The van der Waals surface area contributed by atoms with Crippen molar-refractivity contribution in [3.8, 4) is 0 Å². The summed E-state index contributed by atoms with van der Waals surface area (Å²) in [5, 5.41) is 20.0. The summed E-state index contributed by atoms with van der Waals surface area (Å²) in [6.45, 7) is 1.96. The van der Waals surface area contributed by atoms with E-state index in [1.807, 2.05) is 12.3 Å². The third-order valence-electron chi connectivity index (χ3n) is 2.89. The molecule has 1 aromatic carbocycles. The van der Waals surface area contributed by atoms with Crippen molar-refractivity contribution in [1.29, 1.82) is 0 Å². The van der Waals surface area contributed by atoms with Gasteiger partial charge in [-0.05, 0) is 25.1 Å². The number of thiazole rings is 1. The largest absolute Gasteiger partial charge is 0.478 e. The van der Waals surface area contributed by atoms with Crippen LogP contribution in [0.4, 0.5) is 0 Å². The maximum Gasteiger partial charge on any atom is 0.335 e. The number of fused-ring (bicyclic) bond motifs is 1. The second kappa shape index (κ2) is 4.43. The monoisotopic (exact) mass is 274 g/mol. The zero-order valence-electron chi connectivity index (χ0n) is 10.0. The molecule has 1 N–H and O–H groups in total. The fourth-order valence-electron chi connectivity index (χ4n) is 1.90. The van der Waals surface area contributed by atoms with Crippen LogP contribution in [0.3, 0.4) is 0 Å². The summed E-state index contributed by atoms with van der Waals surface area (Å²) in [6.07, 6.45) is 1.73. The van der Waals surface area contributed by atoms with Crippen LogP contribution in [0.15, 0.2) is 29.8 Å². The Bertz CT molecular complexity index is 735. The summed E-state index contributed by atoms with van der Waals surface area (Å²) in [4.78, 5) is 15.3. The van der Waals surface area contributed by atoms with E-state index in [1.54, 1.807) is 23.0 Å². The van der Waals surface area contributed by atoms with Crippen LogP contribution in [0.2, 0.25) is 0 Å². The van der Waals surface area contributed by atoms with Gasteiger partial charge in [-0.25, -0.2) is 14.5 Å². The number of hydrogen-bond acceptors (Lipinski definition) is 5. The maximum absolute atomic E-state index is 11.0. The molecular formula is C12H10N4O2S. The first-order chi connectivity index (χ1) is 9.16. The average molecular weight is 274 g/mol. The Morgan fingerprint density at radius 3 is 3.00 bits per heavy atom. The van der Waals surface area contributed by atoms with Gasteiger partial charge >= 0.3 is 5.97 Å². The Morgan fingerprint density at radius 2 is 2.32 bits per heavy atom. The molecule has 0 aliphatic heterocycles. The van der Waals surface area contributed by atoms with Crippen molar-refractivity contribution in [2.24, 2.45) is 0 Å². The molecule has 0 bridgehead atoms. The zero-order chi connectivity index (χ0) is 13.4. The van der Waals surface area contributed by atoms with Crippen molar-refractivity contribution in [1.82, 2.24) is 20.0 Å². The minimum Gasteiger partial charge on any atom is -0.478 e. The Morgan fingerprint density at radius 1 is 1.47 bits per heavy atom. The molecule has 19 heavy (non-hydrogen) atoms. The predicted octanol–water partition coefficient (Wildman–Crippen LogP) is 2.20. The maximum atomic E-state index is 11.0. The van der Waals surface area contributed by atoms with E-state index in [0.717, 1.165) is 5.01 Å². The highest BCUT2D eigenvalue weighted by molar-refractivity contribution is 7.09. The topological polar surface area (TPSA) is 80.9 Å². The molecule has 0 spiro atoms. The molecule has 0 amide bonds. The van der Waals surface area contributed by atoms with Gasteiger partial charge in [-0.15, -0.1) is 16.4 Å². The van der Waals surface area contributed by atoms with Crippen LogP contribution in [0.1, 0.15) is 28.3 Å². The molecule has 1 atom stereocenters. The van der Waals surface area contributed by atoms with E-state index in [2.05, 4.69) is 15.3 Å². The van der Waals surface area contributed by atoms with Gasteiger partial charge in [0.15, 0.2) is 0 Å². The molecule has 3 rings (SSSR count). The second-order valence-corrected chi connectivity index (χ2v) is 5.02. The van der Waals surface area contributed by atoms with E-state index in [0.29, 0.717) is 11.0 Å². The summed E-state index contributed by atoms with van der Waals surface area (Å²) in [5.41, 5.74) is 1.60. The summed E-state index contributed by atoms with van der Waals surface area (Å²) in [7, 11) is 0. The minimum absolute atomic E-state index is 0.0750. The van der Waals surface area contributed by atoms with E-state index < -0.39 is 5.97 Å². The van der Waals surface area contributed by atoms with Crippen LogP contribution >= 0.6 is 11.3 Å². The number of aromatic nitrogens is 4. The van der Waals surface area contributed by atoms with Gasteiger partial charge in [0.1, 0.15) is 16.6 Å². The van der Waals surface area contributed by atoms with Crippen LogP contribution < -0.4 is 0 Å². The number of carboxylic acid groups (broad SMARTS) is 1. The molecule has 0 radical (unpaired) electrons. The number of carbonyl (C=O) groups is 1. The van der Waals surface area contributed by atoms with Gasteiger partial charge in [-0.3, -0.25) is 0 Å². The first kappa shape index (κ1) is 11.8. The Hall–Kier alpha value is -2.28. The van der Waals surface area contributed by atoms with Crippen molar-refractivity contribution in [2.75, 3.05) is 0 Å². The van der Waals surface area contributed by atoms with Crippen molar-refractivity contribution in [3.05, 3.63) is 40.3 Å². The Kier molecular flexibility index (Phi) is 2.75. The SMILES string of the molecule is CC(c1nccs1)n1nnc2ccc(C(=O)O)cc21. The number of aromatic carboxylic acids is 1. The van der Waals surface area contributed by atoms with Crippen LogP contribution in [0, 0.1) is 0 Å². The zero-order valence-corrected chi connectivity index (χ0v) is 10.8. The van der Waals surface area contributed by atoms with Crippen LogP contribution in [0.5, 0.6) is 0 Å². The average Bonchev–Trinajstić information content (AvgIpc) is 3.06. The summed E-state index contributed by atoms with van der Waals surface area (Å²) >= 11 is 1.53. The van der Waals surface area contributed by atoms with Crippen molar-refractivity contribution in [2.45, 2.75) is 13.0 Å². The lowest BCUT2D eigenvalue weighted by Crippen LogP contribution is -2.08. The smallest absolute Gasteiger partial charge is 0.335 e. The molecule has 96 valence electrons. The van der Waals surface area contributed by atoms with Gasteiger partial charge < -0.3 is 5.11 Å². The van der Waals surface area contributed by atoms with Gasteiger partial charge in [0.05, 0.1) is 11.1 Å². The lowest BCUT2D eigenvalue weighted by atomic mass is 10.2. The highest BCUT2D eigenvalue weighted by Crippen LogP contribution is 2.23. The first-order valence-corrected chi connectivity index (χ1v) is 6.52. The van der Waals surface area contributed by atoms with Gasteiger partial charge in [0, 0.05) is 11.6 Å². The van der Waals surface area contributed by atoms with Crippen molar-refractivity contribution in [3.63, 3.8) is 0 Å². The lowest BCUT2D eigenvalue weighted by molar-refractivity contribution is 0.0697. The van der Waals surface area contributed by atoms with Crippen LogP contribution in [-0.4, -0.2) is 31.1 Å². The number of nitrogens with zero attached hydrogens (tertiary/aromatic N) is 4. The van der Waals surface area contributed by atoms with Crippen LogP contribution in [0.25, 0.3) is 11.0 Å². The molecule has 0 aliphatic carbocycles. The quantitative estimate of drug-likeness (QED) is 0.791. The minimum atomic E-state index is -0.962. The number of rotatable bonds is 3. The lowest BCUT2D eigenvalue weighted by Gasteiger charge is -2.09. The standard InChI is InChI=1S/C12H10N4O2S/c1-7(11-13-4-5-19-11)16-10-6-8(12(17)18)2-3-9(10)14-15-16/h2-7H,1H3,(H,17,18). The first-order valence-electron chi connectivity index (χ1n) is 5.64. The molecule has 2 aromatic heterocycles. The number of carboxylic acids is 1. The molecule has 6 nitrogen and oxygen atoms in total. The van der Waals surface area contributed by atoms with Gasteiger partial charge in [0.25, 0.3) is 0 Å². The van der Waals surface area contributed by atoms with E-state index in [-0.39, 0.29) is 11.6 Å². The van der Waals surface area contributed by atoms with Gasteiger partial charge in [0.2, 0.25) is 0 Å². The van der Waals surface area contributed by atoms with Crippen molar-refractivity contribution >= 4 is 28.3 Å². The van der Waals surface area contributed by atoms with E-state index in [1.165, 1.54) is 17.4 Å². The van der Waals surface area contributed by atoms with E-state index >= 15 is 0 Å². The molecule has 0 aliphatic rings. The van der Waals surface area contributed by atoms with E-state index in [4.69, 9.17) is 5.11 Å². The molecular weight excluding hydrogens is 264 g/mol. The molecule has 2 heterocycles. The molecule has 1 unspecified atom stereocenters. The highest BCUT2D eigenvalue weighted by atomic mass is 32.1. The highest BCUT2D eigenvalue weighted by Gasteiger charge is 2.16.